The molecule has 0 aliphatic rings. The molecule has 1 aromatic heterocycles. The van der Waals surface area contributed by atoms with Gasteiger partial charge in [0.25, 0.3) is 0 Å². The molecule has 1 heterocycles. The first kappa shape index (κ1) is 13.7. The molecule has 0 saturated heterocycles. The van der Waals surface area contributed by atoms with Crippen molar-refractivity contribution in [3.8, 4) is 0 Å². The summed E-state index contributed by atoms with van der Waals surface area (Å²) in [7, 11) is 0. The number of amidine groups is 1. The highest BCUT2D eigenvalue weighted by atomic mass is 19.1. The van der Waals surface area contributed by atoms with Gasteiger partial charge in [0, 0.05) is 18.3 Å². The number of aryl methyl sites for hydroxylation is 1. The van der Waals surface area contributed by atoms with Crippen molar-refractivity contribution in [1.29, 1.82) is 0 Å². The molecule has 7 heteroatoms. The molecule has 0 aliphatic heterocycles. The molecule has 20 heavy (non-hydrogen) atoms. The van der Waals surface area contributed by atoms with E-state index in [9.17, 15) is 9.18 Å². The van der Waals surface area contributed by atoms with E-state index in [4.69, 9.17) is 10.6 Å². The Labute approximate surface area is 114 Å². The fraction of sp³-hybridized carbons (Fsp3) is 0.154. The van der Waals surface area contributed by atoms with Gasteiger partial charge in [0.1, 0.15) is 5.82 Å². The van der Waals surface area contributed by atoms with Crippen LogP contribution in [0.2, 0.25) is 0 Å². The quantitative estimate of drug-likeness (QED) is 0.397. The topological polar surface area (TPSA) is 82.5 Å². The van der Waals surface area contributed by atoms with Gasteiger partial charge in [-0.05, 0) is 31.2 Å². The van der Waals surface area contributed by atoms with Crippen LogP contribution >= 0.6 is 0 Å². The minimum atomic E-state index is -0.658. The van der Waals surface area contributed by atoms with Gasteiger partial charge in [-0.25, -0.2) is 9.18 Å². The lowest BCUT2D eigenvalue weighted by atomic mass is 10.2. The van der Waals surface area contributed by atoms with Gasteiger partial charge in [-0.3, -0.25) is 4.68 Å². The monoisotopic (exact) mass is 276 g/mol. The summed E-state index contributed by atoms with van der Waals surface area (Å²) in [4.78, 5) is 16.4. The predicted octanol–water partition coefficient (Wildman–Crippen LogP) is 1.52. The molecule has 6 nitrogen and oxygen atoms in total. The zero-order valence-corrected chi connectivity index (χ0v) is 10.8. The van der Waals surface area contributed by atoms with Crippen LogP contribution < -0.4 is 5.73 Å². The number of benzene rings is 1. The molecule has 1 aromatic carbocycles. The summed E-state index contributed by atoms with van der Waals surface area (Å²) >= 11 is 0. The number of carbonyl (C=O) groups is 1. The molecule has 0 fully saturated rings. The van der Waals surface area contributed by atoms with Crippen molar-refractivity contribution in [3.63, 3.8) is 0 Å². The Bertz CT molecular complexity index is 634. The Morgan fingerprint density at radius 3 is 2.70 bits per heavy atom. The summed E-state index contributed by atoms with van der Waals surface area (Å²) in [5, 5.41) is 7.47. The largest absolute Gasteiger partial charge is 0.380 e. The van der Waals surface area contributed by atoms with Gasteiger partial charge in [0.05, 0.1) is 11.8 Å². The molecule has 0 bridgehead atoms. The van der Waals surface area contributed by atoms with Crippen LogP contribution in [0.15, 0.2) is 41.8 Å². The van der Waals surface area contributed by atoms with Crippen molar-refractivity contribution >= 4 is 11.8 Å². The first-order chi connectivity index (χ1) is 9.60. The second-order valence-corrected chi connectivity index (χ2v) is 3.95. The van der Waals surface area contributed by atoms with Crippen LogP contribution in [0, 0.1) is 5.82 Å². The van der Waals surface area contributed by atoms with E-state index < -0.39 is 5.97 Å². The van der Waals surface area contributed by atoms with E-state index >= 15 is 0 Å². The second-order valence-electron chi connectivity index (χ2n) is 3.95. The molecule has 0 spiro atoms. The average molecular weight is 276 g/mol. The Morgan fingerprint density at radius 1 is 1.40 bits per heavy atom. The van der Waals surface area contributed by atoms with Crippen LogP contribution in [0.5, 0.6) is 0 Å². The molecular weight excluding hydrogens is 263 g/mol. The van der Waals surface area contributed by atoms with Gasteiger partial charge >= 0.3 is 5.97 Å². The lowest BCUT2D eigenvalue weighted by molar-refractivity contribution is 0.0516. The Kier molecular flexibility index (Phi) is 4.09. The van der Waals surface area contributed by atoms with Crippen LogP contribution in [-0.4, -0.2) is 21.6 Å². The lowest BCUT2D eigenvalue weighted by Crippen LogP contribution is -2.15. The maximum atomic E-state index is 12.7. The van der Waals surface area contributed by atoms with Crippen molar-refractivity contribution in [2.24, 2.45) is 10.9 Å². The highest BCUT2D eigenvalue weighted by Crippen LogP contribution is 2.04. The highest BCUT2D eigenvalue weighted by Gasteiger charge is 2.10. The number of hydrogen-bond acceptors (Lipinski definition) is 4. The molecule has 2 N–H and O–H groups in total. The molecule has 0 radical (unpaired) electrons. The first-order valence-corrected chi connectivity index (χ1v) is 5.93. The molecule has 0 saturated carbocycles. The summed E-state index contributed by atoms with van der Waals surface area (Å²) < 4.78 is 14.3. The summed E-state index contributed by atoms with van der Waals surface area (Å²) in [6.07, 6.45) is 2.93. The number of halogens is 1. The molecular formula is C13H13FN4O2. The fourth-order valence-electron chi connectivity index (χ4n) is 1.46. The zero-order chi connectivity index (χ0) is 14.5. The molecule has 104 valence electrons. The van der Waals surface area contributed by atoms with Crippen LogP contribution in [0.3, 0.4) is 0 Å². The molecule has 0 amide bonds. The van der Waals surface area contributed by atoms with E-state index in [1.54, 1.807) is 10.9 Å². The Morgan fingerprint density at radius 2 is 2.10 bits per heavy atom. The number of rotatable bonds is 4. The van der Waals surface area contributed by atoms with Gasteiger partial charge in [-0.2, -0.15) is 5.10 Å². The average Bonchev–Trinajstić information content (AvgIpc) is 2.94. The van der Waals surface area contributed by atoms with E-state index in [1.807, 2.05) is 6.92 Å². The van der Waals surface area contributed by atoms with Gasteiger partial charge in [0.2, 0.25) is 0 Å². The number of aromatic nitrogens is 2. The lowest BCUT2D eigenvalue weighted by Gasteiger charge is -2.00. The molecule has 0 aliphatic carbocycles. The number of nitrogens with zero attached hydrogens (tertiary/aromatic N) is 3. The van der Waals surface area contributed by atoms with E-state index in [-0.39, 0.29) is 17.2 Å². The molecule has 2 rings (SSSR count). The van der Waals surface area contributed by atoms with E-state index in [0.29, 0.717) is 12.1 Å². The number of nitrogens with two attached hydrogens (primary N) is 1. The zero-order valence-electron chi connectivity index (χ0n) is 10.8. The Balaban J connectivity index is 2.04. The molecule has 2 aromatic rings. The maximum absolute atomic E-state index is 12.7. The standard InChI is InChI=1S/C13H13FN4O2/c1-2-18-8-10(7-16-18)13(19)20-17-12(15)9-3-5-11(14)6-4-9/h3-8H,2H2,1H3,(H2,15,17). The molecule has 0 unspecified atom stereocenters. The van der Waals surface area contributed by atoms with Crippen molar-refractivity contribution in [1.82, 2.24) is 9.78 Å². The Hall–Kier alpha value is -2.70. The van der Waals surface area contributed by atoms with Gasteiger partial charge in [-0.1, -0.05) is 5.16 Å². The molecule has 0 atom stereocenters. The van der Waals surface area contributed by atoms with Crippen molar-refractivity contribution in [2.45, 2.75) is 13.5 Å². The van der Waals surface area contributed by atoms with E-state index in [1.165, 1.54) is 30.5 Å². The summed E-state index contributed by atoms with van der Waals surface area (Å²) in [6.45, 7) is 2.54. The van der Waals surface area contributed by atoms with Crippen LogP contribution in [0.1, 0.15) is 22.8 Å². The third kappa shape index (κ3) is 3.19. The fourth-order valence-corrected chi connectivity index (χ4v) is 1.46. The SMILES string of the molecule is CCn1cc(C(=O)O/N=C(\N)c2ccc(F)cc2)cn1. The minimum absolute atomic E-state index is 0.0127. The van der Waals surface area contributed by atoms with Crippen LogP contribution in [0.4, 0.5) is 4.39 Å². The van der Waals surface area contributed by atoms with Crippen molar-refractivity contribution < 1.29 is 14.0 Å². The normalized spacial score (nSPS) is 11.4. The second kappa shape index (κ2) is 5.96. The summed E-state index contributed by atoms with van der Waals surface area (Å²) in [6, 6.07) is 5.36. The number of carbonyl (C=O) groups excluding carboxylic acids is 1. The smallest absolute Gasteiger partial charge is 0.368 e. The summed E-state index contributed by atoms with van der Waals surface area (Å²) in [5.41, 5.74) is 6.37. The predicted molar refractivity (Wildman–Crippen MR) is 70.4 cm³/mol. The maximum Gasteiger partial charge on any atom is 0.368 e. The highest BCUT2D eigenvalue weighted by molar-refractivity contribution is 5.98. The number of hydrogen-bond donors (Lipinski definition) is 1. The van der Waals surface area contributed by atoms with Crippen molar-refractivity contribution in [3.05, 3.63) is 53.6 Å². The number of oxime groups is 1. The third-order valence-corrected chi connectivity index (χ3v) is 2.56. The van der Waals surface area contributed by atoms with E-state index in [0.717, 1.165) is 0 Å². The van der Waals surface area contributed by atoms with E-state index in [2.05, 4.69) is 10.3 Å². The third-order valence-electron chi connectivity index (χ3n) is 2.56. The van der Waals surface area contributed by atoms with Crippen molar-refractivity contribution in [2.75, 3.05) is 0 Å². The van der Waals surface area contributed by atoms with Crippen LogP contribution in [0.25, 0.3) is 0 Å². The minimum Gasteiger partial charge on any atom is -0.380 e. The van der Waals surface area contributed by atoms with Gasteiger partial charge in [-0.15, -0.1) is 0 Å². The van der Waals surface area contributed by atoms with Crippen LogP contribution in [-0.2, 0) is 11.4 Å². The van der Waals surface area contributed by atoms with Gasteiger partial charge in [0.15, 0.2) is 5.84 Å². The first-order valence-electron chi connectivity index (χ1n) is 5.93. The summed E-state index contributed by atoms with van der Waals surface area (Å²) in [5.74, 6) is -1.05. The van der Waals surface area contributed by atoms with Gasteiger partial charge < -0.3 is 10.6 Å².